The van der Waals surface area contributed by atoms with E-state index in [1.54, 1.807) is 0 Å². The minimum atomic E-state index is 0.411. The summed E-state index contributed by atoms with van der Waals surface area (Å²) in [6.07, 6.45) is 1.26. The van der Waals surface area contributed by atoms with E-state index in [-0.39, 0.29) is 0 Å². The Labute approximate surface area is 125 Å². The molecule has 0 saturated carbocycles. The van der Waals surface area contributed by atoms with Crippen molar-refractivity contribution in [1.82, 2.24) is 10.2 Å². The van der Waals surface area contributed by atoms with Crippen LogP contribution in [-0.4, -0.2) is 32.1 Å². The van der Waals surface area contributed by atoms with E-state index in [9.17, 15) is 0 Å². The molecule has 1 aromatic carbocycles. The van der Waals surface area contributed by atoms with E-state index in [0.717, 1.165) is 12.5 Å². The Morgan fingerprint density at radius 1 is 1.00 bits per heavy atom. The molecule has 0 spiro atoms. The van der Waals surface area contributed by atoms with Gasteiger partial charge in [0.15, 0.2) is 0 Å². The zero-order chi connectivity index (χ0) is 15.1. The number of hydrogen-bond acceptors (Lipinski definition) is 2. The van der Waals surface area contributed by atoms with Gasteiger partial charge in [0.1, 0.15) is 0 Å². The maximum absolute atomic E-state index is 3.44. The molecule has 1 unspecified atom stereocenters. The Hall–Kier alpha value is -0.860. The number of rotatable bonds is 8. The van der Waals surface area contributed by atoms with Gasteiger partial charge in [0, 0.05) is 12.6 Å². The number of benzene rings is 1. The first-order chi connectivity index (χ1) is 9.43. The minimum absolute atomic E-state index is 0.411. The first-order valence-corrected chi connectivity index (χ1v) is 7.89. The minimum Gasteiger partial charge on any atom is -0.312 e. The van der Waals surface area contributed by atoms with Crippen LogP contribution in [0.2, 0.25) is 0 Å². The van der Waals surface area contributed by atoms with Gasteiger partial charge in [-0.25, -0.2) is 0 Å². The quantitative estimate of drug-likeness (QED) is 0.770. The molecule has 0 saturated heterocycles. The lowest BCUT2D eigenvalue weighted by atomic mass is 9.99. The number of likely N-dealkylation sites (N-methyl/N-ethyl adjacent to an activating group) is 2. The van der Waals surface area contributed by atoms with Gasteiger partial charge in [-0.3, -0.25) is 0 Å². The van der Waals surface area contributed by atoms with Crippen LogP contribution < -0.4 is 5.32 Å². The lowest BCUT2D eigenvalue weighted by Gasteiger charge is -2.25. The van der Waals surface area contributed by atoms with E-state index in [4.69, 9.17) is 0 Å². The summed E-state index contributed by atoms with van der Waals surface area (Å²) in [5.41, 5.74) is 2.80. The van der Waals surface area contributed by atoms with E-state index in [1.807, 2.05) is 0 Å². The normalized spacial score (nSPS) is 13.4. The average Bonchev–Trinajstić information content (AvgIpc) is 2.42. The van der Waals surface area contributed by atoms with Crippen LogP contribution in [0.1, 0.15) is 57.2 Å². The second-order valence-corrected chi connectivity index (χ2v) is 6.61. The molecule has 20 heavy (non-hydrogen) atoms. The van der Waals surface area contributed by atoms with E-state index >= 15 is 0 Å². The van der Waals surface area contributed by atoms with Gasteiger partial charge in [0.2, 0.25) is 0 Å². The summed E-state index contributed by atoms with van der Waals surface area (Å²) in [7, 11) is 4.27. The van der Waals surface area contributed by atoms with Crippen LogP contribution in [0, 0.1) is 5.92 Å². The van der Waals surface area contributed by atoms with E-state index in [1.165, 1.54) is 24.1 Å². The van der Waals surface area contributed by atoms with Crippen molar-refractivity contribution in [3.8, 4) is 0 Å². The molecule has 2 nitrogen and oxygen atoms in total. The molecule has 1 atom stereocenters. The van der Waals surface area contributed by atoms with Crippen LogP contribution in [-0.2, 0) is 0 Å². The molecular weight excluding hydrogens is 244 g/mol. The highest BCUT2D eigenvalue weighted by atomic mass is 15.1. The second-order valence-electron chi connectivity index (χ2n) is 6.61. The second kappa shape index (κ2) is 8.43. The van der Waals surface area contributed by atoms with Crippen LogP contribution in [0.4, 0.5) is 0 Å². The summed E-state index contributed by atoms with van der Waals surface area (Å²) in [4.78, 5) is 2.43. The van der Waals surface area contributed by atoms with Gasteiger partial charge in [-0.2, -0.15) is 0 Å². The number of nitrogens with one attached hydrogen (secondary N) is 1. The van der Waals surface area contributed by atoms with Crippen LogP contribution in [0.25, 0.3) is 0 Å². The molecule has 0 fully saturated rings. The zero-order valence-electron chi connectivity index (χ0n) is 14.1. The van der Waals surface area contributed by atoms with Crippen molar-refractivity contribution in [3.05, 3.63) is 35.4 Å². The number of hydrogen-bond donors (Lipinski definition) is 1. The largest absolute Gasteiger partial charge is 0.312 e. The molecule has 1 aromatic rings. The number of nitrogens with zero attached hydrogens (tertiary/aromatic N) is 1. The molecule has 0 radical (unpaired) electrons. The standard InChI is InChI=1S/C18H32N2/c1-14(2)11-12-20(6)13-18(19-5)17-9-7-16(8-10-17)15(3)4/h7-10,14-15,18-19H,11-13H2,1-6H3. The predicted molar refractivity (Wildman–Crippen MR) is 89.3 cm³/mol. The third kappa shape index (κ3) is 5.64. The SMILES string of the molecule is CNC(CN(C)CCC(C)C)c1ccc(C(C)C)cc1. The predicted octanol–water partition coefficient (Wildman–Crippen LogP) is 4.05. The molecule has 0 bridgehead atoms. The molecule has 0 aromatic heterocycles. The third-order valence-corrected chi connectivity index (χ3v) is 3.94. The monoisotopic (exact) mass is 276 g/mol. The Morgan fingerprint density at radius 3 is 2.00 bits per heavy atom. The molecule has 0 aliphatic rings. The summed E-state index contributed by atoms with van der Waals surface area (Å²) >= 11 is 0. The topological polar surface area (TPSA) is 15.3 Å². The molecule has 1 rings (SSSR count). The van der Waals surface area contributed by atoms with Crippen molar-refractivity contribution >= 4 is 0 Å². The van der Waals surface area contributed by atoms with Crippen molar-refractivity contribution < 1.29 is 0 Å². The first kappa shape index (κ1) is 17.2. The fourth-order valence-electron chi connectivity index (χ4n) is 2.36. The molecule has 2 heteroatoms. The van der Waals surface area contributed by atoms with Gasteiger partial charge in [0.05, 0.1) is 0 Å². The molecule has 1 N–H and O–H groups in total. The van der Waals surface area contributed by atoms with Crippen LogP contribution in [0.15, 0.2) is 24.3 Å². The molecular formula is C18H32N2. The Kier molecular flexibility index (Phi) is 7.25. The summed E-state index contributed by atoms with van der Waals surface area (Å²) in [6, 6.07) is 9.48. The van der Waals surface area contributed by atoms with Crippen LogP contribution in [0.3, 0.4) is 0 Å². The molecule has 0 aliphatic carbocycles. The lowest BCUT2D eigenvalue weighted by molar-refractivity contribution is 0.280. The third-order valence-electron chi connectivity index (χ3n) is 3.94. The highest BCUT2D eigenvalue weighted by molar-refractivity contribution is 5.27. The van der Waals surface area contributed by atoms with Gasteiger partial charge in [-0.05, 0) is 50.0 Å². The van der Waals surface area contributed by atoms with Crippen molar-refractivity contribution in [1.29, 1.82) is 0 Å². The Morgan fingerprint density at radius 2 is 1.55 bits per heavy atom. The molecule has 0 heterocycles. The molecule has 114 valence electrons. The average molecular weight is 276 g/mol. The van der Waals surface area contributed by atoms with Gasteiger partial charge in [-0.15, -0.1) is 0 Å². The van der Waals surface area contributed by atoms with Crippen molar-refractivity contribution in [3.63, 3.8) is 0 Å². The highest BCUT2D eigenvalue weighted by Crippen LogP contribution is 2.19. The maximum atomic E-state index is 3.44. The van der Waals surface area contributed by atoms with E-state index in [2.05, 4.69) is 76.3 Å². The van der Waals surface area contributed by atoms with Crippen molar-refractivity contribution in [2.75, 3.05) is 27.2 Å². The summed E-state index contributed by atoms with van der Waals surface area (Å²) in [5.74, 6) is 1.38. The fraction of sp³-hybridized carbons (Fsp3) is 0.667. The van der Waals surface area contributed by atoms with Crippen LogP contribution >= 0.6 is 0 Å². The first-order valence-electron chi connectivity index (χ1n) is 7.89. The van der Waals surface area contributed by atoms with E-state index in [0.29, 0.717) is 12.0 Å². The summed E-state index contributed by atoms with van der Waals surface area (Å²) < 4.78 is 0. The zero-order valence-corrected chi connectivity index (χ0v) is 14.1. The fourth-order valence-corrected chi connectivity index (χ4v) is 2.36. The smallest absolute Gasteiger partial charge is 0.0446 e. The highest BCUT2D eigenvalue weighted by Gasteiger charge is 2.12. The molecule has 0 aliphatic heterocycles. The summed E-state index contributed by atoms with van der Waals surface area (Å²) in [6.45, 7) is 11.3. The Bertz CT molecular complexity index is 368. The summed E-state index contributed by atoms with van der Waals surface area (Å²) in [5, 5.41) is 3.44. The Balaban J connectivity index is 2.61. The van der Waals surface area contributed by atoms with Gasteiger partial charge < -0.3 is 10.2 Å². The van der Waals surface area contributed by atoms with Gasteiger partial charge in [-0.1, -0.05) is 52.0 Å². The lowest BCUT2D eigenvalue weighted by Crippen LogP contribution is -2.32. The molecule has 0 amide bonds. The van der Waals surface area contributed by atoms with Gasteiger partial charge >= 0.3 is 0 Å². The van der Waals surface area contributed by atoms with Crippen molar-refractivity contribution in [2.24, 2.45) is 5.92 Å². The van der Waals surface area contributed by atoms with Gasteiger partial charge in [0.25, 0.3) is 0 Å². The van der Waals surface area contributed by atoms with Crippen LogP contribution in [0.5, 0.6) is 0 Å². The van der Waals surface area contributed by atoms with E-state index < -0.39 is 0 Å². The van der Waals surface area contributed by atoms with Crippen molar-refractivity contribution in [2.45, 2.75) is 46.1 Å². The maximum Gasteiger partial charge on any atom is 0.0446 e.